The van der Waals surface area contributed by atoms with Crippen molar-refractivity contribution in [3.63, 3.8) is 0 Å². The molecule has 0 heterocycles. The van der Waals surface area contributed by atoms with Crippen LogP contribution in [0.1, 0.15) is 26.2 Å². The summed E-state index contributed by atoms with van der Waals surface area (Å²) in [4.78, 5) is 11.9. The van der Waals surface area contributed by atoms with E-state index in [0.29, 0.717) is 18.7 Å². The molecule has 20 heavy (non-hydrogen) atoms. The van der Waals surface area contributed by atoms with Crippen LogP contribution in [0.25, 0.3) is 0 Å². The highest BCUT2D eigenvalue weighted by Gasteiger charge is 2.18. The zero-order valence-electron chi connectivity index (χ0n) is 11.4. The Morgan fingerprint density at radius 3 is 2.60 bits per heavy atom. The van der Waals surface area contributed by atoms with Crippen LogP contribution in [-0.2, 0) is 14.8 Å². The summed E-state index contributed by atoms with van der Waals surface area (Å²) in [6.45, 7) is 2.01. The fourth-order valence-corrected chi connectivity index (χ4v) is 3.26. The molecular formula is C13H19BrN2O3S. The summed E-state index contributed by atoms with van der Waals surface area (Å²) in [5.41, 5.74) is 0.317. The molecule has 0 fully saturated rings. The Balaban J connectivity index is 2.83. The molecule has 0 unspecified atom stereocenters. The van der Waals surface area contributed by atoms with Crippen molar-refractivity contribution in [2.75, 3.05) is 17.2 Å². The third kappa shape index (κ3) is 5.22. The average Bonchev–Trinajstić information content (AvgIpc) is 2.39. The van der Waals surface area contributed by atoms with Gasteiger partial charge in [0.2, 0.25) is 15.9 Å². The quantitative estimate of drug-likeness (QED) is 0.550. The average molecular weight is 363 g/mol. The Hall–Kier alpha value is -0.920. The van der Waals surface area contributed by atoms with Crippen molar-refractivity contribution in [3.8, 4) is 0 Å². The monoisotopic (exact) mass is 362 g/mol. The number of halogens is 1. The molecule has 7 heteroatoms. The highest BCUT2D eigenvalue weighted by molar-refractivity contribution is 9.09. The first kappa shape index (κ1) is 17.1. The highest BCUT2D eigenvalue weighted by Crippen LogP contribution is 2.20. The van der Waals surface area contributed by atoms with Gasteiger partial charge < -0.3 is 5.32 Å². The molecule has 1 aromatic carbocycles. The second-order valence-corrected chi connectivity index (χ2v) is 6.72. The van der Waals surface area contributed by atoms with Gasteiger partial charge in [-0.3, -0.25) is 4.79 Å². The molecule has 0 bridgehead atoms. The molecule has 1 rings (SSSR count). The van der Waals surface area contributed by atoms with Crippen LogP contribution < -0.4 is 10.0 Å². The summed E-state index contributed by atoms with van der Waals surface area (Å²) in [5, 5.41) is 3.51. The lowest BCUT2D eigenvalue weighted by atomic mass is 10.2. The van der Waals surface area contributed by atoms with Crippen molar-refractivity contribution < 1.29 is 13.2 Å². The normalized spacial score (nSPS) is 11.3. The van der Waals surface area contributed by atoms with Crippen molar-refractivity contribution in [1.29, 1.82) is 0 Å². The lowest BCUT2D eigenvalue weighted by Crippen LogP contribution is -2.25. The number of benzene rings is 1. The van der Waals surface area contributed by atoms with Crippen LogP contribution in [0.3, 0.4) is 0 Å². The zero-order chi connectivity index (χ0) is 15.0. The number of anilines is 1. The Labute approximate surface area is 128 Å². The van der Waals surface area contributed by atoms with E-state index in [1.54, 1.807) is 25.1 Å². The summed E-state index contributed by atoms with van der Waals surface area (Å²) in [6, 6.07) is 6.39. The number of hydrogen-bond donors (Lipinski definition) is 2. The van der Waals surface area contributed by atoms with Crippen molar-refractivity contribution in [1.82, 2.24) is 4.72 Å². The van der Waals surface area contributed by atoms with Gasteiger partial charge in [-0.25, -0.2) is 13.1 Å². The van der Waals surface area contributed by atoms with Crippen LogP contribution in [0, 0.1) is 0 Å². The minimum absolute atomic E-state index is 0.0932. The molecule has 0 saturated carbocycles. The fraction of sp³-hybridized carbons (Fsp3) is 0.462. The van der Waals surface area contributed by atoms with Crippen molar-refractivity contribution >= 4 is 37.5 Å². The van der Waals surface area contributed by atoms with E-state index < -0.39 is 10.0 Å². The van der Waals surface area contributed by atoms with Gasteiger partial charge >= 0.3 is 0 Å². The van der Waals surface area contributed by atoms with Crippen LogP contribution in [0.5, 0.6) is 0 Å². The van der Waals surface area contributed by atoms with E-state index in [2.05, 4.69) is 26.0 Å². The predicted molar refractivity (Wildman–Crippen MR) is 83.6 cm³/mol. The van der Waals surface area contributed by atoms with Crippen molar-refractivity contribution in [2.24, 2.45) is 0 Å². The number of carbonyl (C=O) groups is 1. The maximum atomic E-state index is 12.0. The van der Waals surface area contributed by atoms with E-state index in [0.717, 1.165) is 18.2 Å². The summed E-state index contributed by atoms with van der Waals surface area (Å²) in [7, 11) is -3.58. The fourth-order valence-electron chi connectivity index (χ4n) is 1.66. The molecule has 1 aromatic rings. The van der Waals surface area contributed by atoms with Crippen LogP contribution in [-0.4, -0.2) is 26.2 Å². The maximum Gasteiger partial charge on any atom is 0.242 e. The third-order valence-corrected chi connectivity index (χ3v) is 4.74. The number of carbonyl (C=O) groups excluding carboxylic acids is 1. The van der Waals surface area contributed by atoms with Gasteiger partial charge in [-0.15, -0.1) is 0 Å². The smallest absolute Gasteiger partial charge is 0.242 e. The molecule has 0 aliphatic rings. The number of hydrogen-bond acceptors (Lipinski definition) is 3. The van der Waals surface area contributed by atoms with E-state index in [1.807, 2.05) is 0 Å². The minimum atomic E-state index is -3.58. The minimum Gasteiger partial charge on any atom is -0.325 e. The van der Waals surface area contributed by atoms with E-state index in [-0.39, 0.29) is 10.8 Å². The predicted octanol–water partition coefficient (Wildman–Crippen LogP) is 2.49. The molecule has 0 spiro atoms. The van der Waals surface area contributed by atoms with Crippen molar-refractivity contribution in [3.05, 3.63) is 24.3 Å². The van der Waals surface area contributed by atoms with Gasteiger partial charge in [0.05, 0.1) is 5.69 Å². The third-order valence-electron chi connectivity index (χ3n) is 2.57. The van der Waals surface area contributed by atoms with Crippen LogP contribution in [0.15, 0.2) is 29.2 Å². The van der Waals surface area contributed by atoms with Gasteiger partial charge in [-0.1, -0.05) is 35.0 Å². The van der Waals surface area contributed by atoms with Gasteiger partial charge in [-0.2, -0.15) is 0 Å². The van der Waals surface area contributed by atoms with Crippen molar-refractivity contribution in [2.45, 2.75) is 31.1 Å². The second-order valence-electron chi connectivity index (χ2n) is 4.19. The molecule has 5 nitrogen and oxygen atoms in total. The van der Waals surface area contributed by atoms with E-state index in [1.165, 1.54) is 6.07 Å². The number of sulfonamides is 1. The summed E-state index contributed by atoms with van der Waals surface area (Å²) in [6.07, 6.45) is 2.05. The first-order valence-electron chi connectivity index (χ1n) is 6.45. The maximum absolute atomic E-state index is 12.0. The molecule has 0 aliphatic carbocycles. The van der Waals surface area contributed by atoms with Gasteiger partial charge in [0.1, 0.15) is 4.90 Å². The number of amides is 1. The van der Waals surface area contributed by atoms with E-state index in [4.69, 9.17) is 0 Å². The van der Waals surface area contributed by atoms with Gasteiger partial charge in [0.25, 0.3) is 0 Å². The summed E-state index contributed by atoms with van der Waals surface area (Å²) in [5.74, 6) is -0.176. The zero-order valence-corrected chi connectivity index (χ0v) is 13.8. The lowest BCUT2D eigenvalue weighted by Gasteiger charge is -2.11. The Morgan fingerprint density at radius 2 is 1.95 bits per heavy atom. The first-order valence-corrected chi connectivity index (χ1v) is 9.06. The number of rotatable bonds is 8. The first-order chi connectivity index (χ1) is 9.51. The summed E-state index contributed by atoms with van der Waals surface area (Å²) < 4.78 is 26.5. The molecule has 0 aromatic heterocycles. The van der Waals surface area contributed by atoms with Gasteiger partial charge in [0.15, 0.2) is 0 Å². The van der Waals surface area contributed by atoms with E-state index in [9.17, 15) is 13.2 Å². The summed E-state index contributed by atoms with van der Waals surface area (Å²) >= 11 is 3.30. The Kier molecular flexibility index (Phi) is 7.18. The topological polar surface area (TPSA) is 75.3 Å². The number of nitrogens with one attached hydrogen (secondary N) is 2. The second kappa shape index (κ2) is 8.39. The molecule has 0 aliphatic heterocycles. The van der Waals surface area contributed by atoms with Crippen LogP contribution in [0.2, 0.25) is 0 Å². The number of para-hydroxylation sites is 1. The SMILES string of the molecule is CCNS(=O)(=O)c1ccccc1NC(=O)CCCCBr. The number of alkyl halides is 1. The molecule has 0 atom stereocenters. The molecule has 1 amide bonds. The Bertz CT molecular complexity index is 546. The van der Waals surface area contributed by atoms with Crippen LogP contribution >= 0.6 is 15.9 Å². The molecule has 112 valence electrons. The largest absolute Gasteiger partial charge is 0.325 e. The van der Waals surface area contributed by atoms with E-state index >= 15 is 0 Å². The number of unbranched alkanes of at least 4 members (excludes halogenated alkanes) is 1. The lowest BCUT2D eigenvalue weighted by molar-refractivity contribution is -0.116. The molecule has 2 N–H and O–H groups in total. The van der Waals surface area contributed by atoms with Gasteiger partial charge in [0, 0.05) is 18.3 Å². The van der Waals surface area contributed by atoms with Gasteiger partial charge in [-0.05, 0) is 25.0 Å². The molecule has 0 radical (unpaired) electrons. The Morgan fingerprint density at radius 1 is 1.25 bits per heavy atom. The molecule has 0 saturated heterocycles. The highest BCUT2D eigenvalue weighted by atomic mass is 79.9. The standard InChI is InChI=1S/C13H19BrN2O3S/c1-2-15-20(18,19)12-8-4-3-7-11(12)16-13(17)9-5-6-10-14/h3-4,7-8,15H,2,5-6,9-10H2,1H3,(H,16,17). The molecular weight excluding hydrogens is 344 g/mol. The van der Waals surface area contributed by atoms with Crippen LogP contribution in [0.4, 0.5) is 5.69 Å².